The molecule has 1 aliphatic heterocycles. The van der Waals surface area contributed by atoms with Crippen molar-refractivity contribution in [1.82, 2.24) is 15.5 Å². The summed E-state index contributed by atoms with van der Waals surface area (Å²) >= 11 is 1.86. The summed E-state index contributed by atoms with van der Waals surface area (Å²) < 4.78 is 18.4. The van der Waals surface area contributed by atoms with Gasteiger partial charge in [0, 0.05) is 23.6 Å². The van der Waals surface area contributed by atoms with Crippen molar-refractivity contribution in [2.24, 2.45) is 0 Å². The number of benzene rings is 1. The summed E-state index contributed by atoms with van der Waals surface area (Å²) in [5.74, 6) is 2.72. The Balaban J connectivity index is 1.84. The molecule has 1 atom stereocenters. The Hall–Kier alpha value is -1.40. The van der Waals surface area contributed by atoms with E-state index in [-0.39, 0.29) is 11.9 Å². The van der Waals surface area contributed by atoms with Crippen LogP contribution in [0.3, 0.4) is 0 Å². The molecule has 1 aliphatic rings. The number of hydrogen-bond acceptors (Lipinski definition) is 5. The van der Waals surface area contributed by atoms with Crippen LogP contribution in [0.1, 0.15) is 11.9 Å². The standard InChI is InChI=1S/C12H12FN3OS/c13-9-3-1-2-8(6-9)11-15-12(17-16-11)10-7-18-5-4-14-10/h1-3,6,10,14H,4-5,7H2. The molecule has 1 aromatic heterocycles. The average Bonchev–Trinajstić information content (AvgIpc) is 2.89. The number of halogens is 1. The molecule has 0 saturated carbocycles. The average molecular weight is 265 g/mol. The van der Waals surface area contributed by atoms with E-state index in [0.29, 0.717) is 17.3 Å². The van der Waals surface area contributed by atoms with Gasteiger partial charge in [0.05, 0.1) is 6.04 Å². The van der Waals surface area contributed by atoms with Crippen LogP contribution in [0.25, 0.3) is 11.4 Å². The third-order valence-electron chi connectivity index (χ3n) is 2.74. The molecule has 2 heterocycles. The zero-order valence-electron chi connectivity index (χ0n) is 9.60. The van der Waals surface area contributed by atoms with Gasteiger partial charge >= 0.3 is 0 Å². The van der Waals surface area contributed by atoms with Gasteiger partial charge in [-0.2, -0.15) is 16.7 Å². The van der Waals surface area contributed by atoms with Crippen LogP contribution in [0, 0.1) is 5.82 Å². The van der Waals surface area contributed by atoms with Gasteiger partial charge in [-0.3, -0.25) is 0 Å². The maximum Gasteiger partial charge on any atom is 0.244 e. The summed E-state index contributed by atoms with van der Waals surface area (Å²) in [5, 5.41) is 7.22. The Labute approximate surface area is 108 Å². The fourth-order valence-electron chi connectivity index (χ4n) is 1.85. The van der Waals surface area contributed by atoms with Gasteiger partial charge in [-0.25, -0.2) is 4.39 Å². The first-order valence-corrected chi connectivity index (χ1v) is 6.89. The van der Waals surface area contributed by atoms with E-state index in [1.165, 1.54) is 12.1 Å². The molecule has 2 aromatic rings. The molecule has 1 aromatic carbocycles. The second-order valence-corrected chi connectivity index (χ2v) is 5.20. The molecule has 0 spiro atoms. The Bertz CT molecular complexity index is 540. The number of nitrogens with one attached hydrogen (secondary N) is 1. The van der Waals surface area contributed by atoms with Gasteiger partial charge in [0.25, 0.3) is 0 Å². The molecule has 3 rings (SSSR count). The predicted molar refractivity (Wildman–Crippen MR) is 67.8 cm³/mol. The summed E-state index contributed by atoms with van der Waals surface area (Å²) in [6.07, 6.45) is 0. The summed E-state index contributed by atoms with van der Waals surface area (Å²) in [4.78, 5) is 4.32. The smallest absolute Gasteiger partial charge is 0.244 e. The molecule has 1 saturated heterocycles. The molecule has 0 radical (unpaired) electrons. The third-order valence-corrected chi connectivity index (χ3v) is 3.81. The fraction of sp³-hybridized carbons (Fsp3) is 0.333. The van der Waals surface area contributed by atoms with Crippen LogP contribution in [-0.2, 0) is 0 Å². The van der Waals surface area contributed by atoms with E-state index in [4.69, 9.17) is 4.52 Å². The van der Waals surface area contributed by atoms with Crippen LogP contribution in [0.5, 0.6) is 0 Å². The third kappa shape index (κ3) is 2.39. The van der Waals surface area contributed by atoms with Crippen molar-refractivity contribution >= 4 is 11.8 Å². The van der Waals surface area contributed by atoms with E-state index in [1.54, 1.807) is 12.1 Å². The van der Waals surface area contributed by atoms with E-state index in [1.807, 2.05) is 11.8 Å². The highest BCUT2D eigenvalue weighted by Gasteiger charge is 2.21. The van der Waals surface area contributed by atoms with Crippen molar-refractivity contribution in [1.29, 1.82) is 0 Å². The van der Waals surface area contributed by atoms with Crippen LogP contribution < -0.4 is 5.32 Å². The number of hydrogen-bond donors (Lipinski definition) is 1. The Morgan fingerprint density at radius 2 is 2.39 bits per heavy atom. The van der Waals surface area contributed by atoms with E-state index in [2.05, 4.69) is 15.5 Å². The number of nitrogens with zero attached hydrogens (tertiary/aromatic N) is 2. The second-order valence-electron chi connectivity index (χ2n) is 4.05. The first kappa shape index (κ1) is 11.7. The molecule has 0 bridgehead atoms. The van der Waals surface area contributed by atoms with Crippen molar-refractivity contribution in [2.45, 2.75) is 6.04 Å². The van der Waals surface area contributed by atoms with Gasteiger partial charge in [0.2, 0.25) is 11.7 Å². The Morgan fingerprint density at radius 3 is 3.17 bits per heavy atom. The Morgan fingerprint density at radius 1 is 1.44 bits per heavy atom. The van der Waals surface area contributed by atoms with Gasteiger partial charge in [0.1, 0.15) is 5.82 Å². The minimum atomic E-state index is -0.301. The lowest BCUT2D eigenvalue weighted by atomic mass is 10.2. The monoisotopic (exact) mass is 265 g/mol. The molecular weight excluding hydrogens is 253 g/mol. The van der Waals surface area contributed by atoms with E-state index in [0.717, 1.165) is 18.1 Å². The molecule has 1 unspecified atom stereocenters. The molecule has 1 fully saturated rings. The fourth-order valence-corrected chi connectivity index (χ4v) is 2.77. The summed E-state index contributed by atoms with van der Waals surface area (Å²) in [6.45, 7) is 0.938. The lowest BCUT2D eigenvalue weighted by Crippen LogP contribution is -2.30. The van der Waals surface area contributed by atoms with Crippen LogP contribution >= 0.6 is 11.8 Å². The highest BCUT2D eigenvalue weighted by Crippen LogP contribution is 2.23. The summed E-state index contributed by atoms with van der Waals surface area (Å²) in [7, 11) is 0. The predicted octanol–water partition coefficient (Wildman–Crippen LogP) is 2.25. The lowest BCUT2D eigenvalue weighted by Gasteiger charge is -2.19. The molecular formula is C12H12FN3OS. The van der Waals surface area contributed by atoms with Gasteiger partial charge in [-0.1, -0.05) is 17.3 Å². The van der Waals surface area contributed by atoms with E-state index >= 15 is 0 Å². The number of thioether (sulfide) groups is 1. The van der Waals surface area contributed by atoms with Crippen molar-refractivity contribution in [3.8, 4) is 11.4 Å². The summed E-state index contributed by atoms with van der Waals surface area (Å²) in [6, 6.07) is 6.29. The topological polar surface area (TPSA) is 51.0 Å². The first-order chi connectivity index (χ1) is 8.83. The van der Waals surface area contributed by atoms with E-state index < -0.39 is 0 Å². The van der Waals surface area contributed by atoms with Gasteiger partial charge in [-0.05, 0) is 12.1 Å². The van der Waals surface area contributed by atoms with Crippen molar-refractivity contribution in [3.63, 3.8) is 0 Å². The minimum Gasteiger partial charge on any atom is -0.337 e. The molecule has 0 amide bonds. The zero-order valence-corrected chi connectivity index (χ0v) is 10.4. The first-order valence-electron chi connectivity index (χ1n) is 5.73. The van der Waals surface area contributed by atoms with Crippen molar-refractivity contribution in [2.75, 3.05) is 18.1 Å². The van der Waals surface area contributed by atoms with Crippen molar-refractivity contribution < 1.29 is 8.91 Å². The minimum absolute atomic E-state index is 0.0959. The van der Waals surface area contributed by atoms with Crippen LogP contribution in [0.2, 0.25) is 0 Å². The molecule has 18 heavy (non-hydrogen) atoms. The summed E-state index contributed by atoms with van der Waals surface area (Å²) in [5.41, 5.74) is 0.633. The molecule has 1 N–H and O–H groups in total. The maximum atomic E-state index is 13.1. The Kier molecular flexibility index (Phi) is 3.29. The van der Waals surface area contributed by atoms with Gasteiger partial charge in [-0.15, -0.1) is 0 Å². The highest BCUT2D eigenvalue weighted by atomic mass is 32.2. The van der Waals surface area contributed by atoms with Crippen LogP contribution in [-0.4, -0.2) is 28.2 Å². The molecule has 94 valence electrons. The molecule has 4 nitrogen and oxygen atoms in total. The lowest BCUT2D eigenvalue weighted by molar-refractivity contribution is 0.342. The van der Waals surface area contributed by atoms with Crippen LogP contribution in [0.15, 0.2) is 28.8 Å². The number of rotatable bonds is 2. The SMILES string of the molecule is Fc1cccc(-c2noc(C3CSCCN3)n2)c1. The maximum absolute atomic E-state index is 13.1. The quantitative estimate of drug-likeness (QED) is 0.902. The zero-order chi connectivity index (χ0) is 12.4. The van der Waals surface area contributed by atoms with Crippen LogP contribution in [0.4, 0.5) is 4.39 Å². The van der Waals surface area contributed by atoms with Crippen molar-refractivity contribution in [3.05, 3.63) is 36.0 Å². The number of aromatic nitrogens is 2. The van der Waals surface area contributed by atoms with Gasteiger partial charge < -0.3 is 9.84 Å². The normalized spacial score (nSPS) is 19.9. The second kappa shape index (κ2) is 5.07. The van der Waals surface area contributed by atoms with E-state index in [9.17, 15) is 4.39 Å². The van der Waals surface area contributed by atoms with Gasteiger partial charge in [0.15, 0.2) is 0 Å². The molecule has 0 aliphatic carbocycles. The highest BCUT2D eigenvalue weighted by molar-refractivity contribution is 7.99. The molecule has 6 heteroatoms. The largest absolute Gasteiger partial charge is 0.337 e.